The highest BCUT2D eigenvalue weighted by Gasteiger charge is 2.21. The Morgan fingerprint density at radius 3 is 2.81 bits per heavy atom. The molecule has 2 N–H and O–H groups in total. The molecular weight excluding hydrogens is 380 g/mol. The highest BCUT2D eigenvalue weighted by molar-refractivity contribution is 5.86. The van der Waals surface area contributed by atoms with Gasteiger partial charge >= 0.3 is 0 Å². The molecule has 3 nitrogen and oxygen atoms in total. The Balaban J connectivity index is 1.45. The summed E-state index contributed by atoms with van der Waals surface area (Å²) in [6.07, 6.45) is 11.0. The van der Waals surface area contributed by atoms with E-state index in [2.05, 4.69) is 104 Å². The first-order chi connectivity index (χ1) is 15.0. The molecule has 2 aromatic rings. The van der Waals surface area contributed by atoms with Gasteiger partial charge in [-0.3, -0.25) is 4.79 Å². The van der Waals surface area contributed by atoms with E-state index in [1.807, 2.05) is 6.08 Å². The van der Waals surface area contributed by atoms with Crippen LogP contribution in [0.15, 0.2) is 66.8 Å². The van der Waals surface area contributed by atoms with Crippen LogP contribution in [-0.2, 0) is 4.79 Å². The number of hydrogen-bond donors (Lipinski definition) is 2. The summed E-state index contributed by atoms with van der Waals surface area (Å²) in [4.78, 5) is 12.3. The second-order valence-corrected chi connectivity index (χ2v) is 8.95. The molecular formula is C28H34N2O. The number of fused-ring (bicyclic) bond motifs is 1. The molecule has 2 atom stereocenters. The van der Waals surface area contributed by atoms with Crippen LogP contribution in [0.2, 0.25) is 0 Å². The Bertz CT molecular complexity index is 1000. The number of benzene rings is 2. The molecule has 0 aliphatic heterocycles. The lowest BCUT2D eigenvalue weighted by Crippen LogP contribution is -2.37. The number of nitrogens with one attached hydrogen (secondary N) is 2. The summed E-state index contributed by atoms with van der Waals surface area (Å²) < 4.78 is 0. The molecule has 31 heavy (non-hydrogen) atoms. The molecule has 0 heterocycles. The third-order valence-corrected chi connectivity index (χ3v) is 5.79. The van der Waals surface area contributed by atoms with Gasteiger partial charge in [0.25, 0.3) is 0 Å². The predicted molar refractivity (Wildman–Crippen MR) is 131 cm³/mol. The fourth-order valence-corrected chi connectivity index (χ4v) is 3.87. The second kappa shape index (κ2) is 11.0. The first-order valence-corrected chi connectivity index (χ1v) is 11.3. The van der Waals surface area contributed by atoms with Crippen LogP contribution in [0.3, 0.4) is 0 Å². The molecule has 1 amide bonds. The summed E-state index contributed by atoms with van der Waals surface area (Å²) in [5.74, 6) is 6.68. The Labute approximate surface area is 187 Å². The summed E-state index contributed by atoms with van der Waals surface area (Å²) in [6.45, 7) is 7.65. The highest BCUT2D eigenvalue weighted by atomic mass is 16.1. The number of carbonyl (C=O) groups is 1. The van der Waals surface area contributed by atoms with Gasteiger partial charge in [-0.1, -0.05) is 72.5 Å². The summed E-state index contributed by atoms with van der Waals surface area (Å²) in [6, 6.07) is 15.2. The summed E-state index contributed by atoms with van der Waals surface area (Å²) in [5, 5.41) is 9.19. The van der Waals surface area contributed by atoms with Gasteiger partial charge in [0.05, 0.1) is 0 Å². The van der Waals surface area contributed by atoms with E-state index >= 15 is 0 Å². The molecule has 162 valence electrons. The molecule has 1 unspecified atom stereocenters. The fraction of sp³-hybridized carbons (Fsp3) is 0.393. The molecule has 0 saturated heterocycles. The van der Waals surface area contributed by atoms with Crippen LogP contribution >= 0.6 is 0 Å². The minimum atomic E-state index is -0.256. The van der Waals surface area contributed by atoms with Gasteiger partial charge in [-0.15, -0.1) is 0 Å². The molecule has 0 aromatic heterocycles. The molecule has 0 radical (unpaired) electrons. The number of carbonyl (C=O) groups excluding carboxylic acids is 1. The van der Waals surface area contributed by atoms with E-state index in [-0.39, 0.29) is 23.3 Å². The van der Waals surface area contributed by atoms with Crippen molar-refractivity contribution in [2.75, 3.05) is 13.1 Å². The molecule has 0 spiro atoms. The van der Waals surface area contributed by atoms with Gasteiger partial charge in [-0.25, -0.2) is 0 Å². The van der Waals surface area contributed by atoms with Crippen LogP contribution in [0.4, 0.5) is 0 Å². The largest absolute Gasteiger partial charge is 0.354 e. The quantitative estimate of drug-likeness (QED) is 0.461. The summed E-state index contributed by atoms with van der Waals surface area (Å²) in [7, 11) is 0. The minimum absolute atomic E-state index is 0.114. The van der Waals surface area contributed by atoms with Crippen LogP contribution in [0.25, 0.3) is 10.8 Å². The lowest BCUT2D eigenvalue weighted by molar-refractivity contribution is -0.125. The van der Waals surface area contributed by atoms with E-state index in [1.165, 1.54) is 16.3 Å². The highest BCUT2D eigenvalue weighted by Crippen LogP contribution is 2.24. The Morgan fingerprint density at radius 2 is 2.00 bits per heavy atom. The normalized spacial score (nSPS) is 17.3. The summed E-state index contributed by atoms with van der Waals surface area (Å²) >= 11 is 0. The third kappa shape index (κ3) is 6.84. The predicted octanol–water partition coefficient (Wildman–Crippen LogP) is 5.55. The maximum Gasteiger partial charge on any atom is 0.223 e. The monoisotopic (exact) mass is 414 g/mol. The molecule has 1 aliphatic carbocycles. The molecule has 0 fully saturated rings. The van der Waals surface area contributed by atoms with Crippen molar-refractivity contribution in [2.45, 2.75) is 46.1 Å². The SMILES string of the molecule is C[C@@H](NCC=CC#CC(C)(C)CNC(=O)C1CC=CCC1)c1cccc2ccccc12. The van der Waals surface area contributed by atoms with E-state index in [4.69, 9.17) is 0 Å². The van der Waals surface area contributed by atoms with Gasteiger partial charge < -0.3 is 10.6 Å². The van der Waals surface area contributed by atoms with Crippen molar-refractivity contribution >= 4 is 16.7 Å². The van der Waals surface area contributed by atoms with E-state index in [0.29, 0.717) is 6.54 Å². The molecule has 3 rings (SSSR count). The zero-order valence-corrected chi connectivity index (χ0v) is 18.9. The fourth-order valence-electron chi connectivity index (χ4n) is 3.87. The smallest absolute Gasteiger partial charge is 0.223 e. The van der Waals surface area contributed by atoms with E-state index in [9.17, 15) is 4.79 Å². The van der Waals surface area contributed by atoms with Gasteiger partial charge in [0.2, 0.25) is 5.91 Å². The Hall–Kier alpha value is -2.83. The number of rotatable bonds is 7. The Kier molecular flexibility index (Phi) is 8.09. The first kappa shape index (κ1) is 22.8. The third-order valence-electron chi connectivity index (χ3n) is 5.79. The van der Waals surface area contributed by atoms with Gasteiger partial charge in [0, 0.05) is 30.5 Å². The van der Waals surface area contributed by atoms with Crippen LogP contribution < -0.4 is 10.6 Å². The van der Waals surface area contributed by atoms with Crippen LogP contribution in [-0.4, -0.2) is 19.0 Å². The van der Waals surface area contributed by atoms with Crippen molar-refractivity contribution in [3.8, 4) is 11.8 Å². The van der Waals surface area contributed by atoms with E-state index in [1.54, 1.807) is 0 Å². The zero-order chi connectivity index (χ0) is 22.1. The van der Waals surface area contributed by atoms with Crippen molar-refractivity contribution in [2.24, 2.45) is 11.3 Å². The molecule has 1 aliphatic rings. The van der Waals surface area contributed by atoms with Crippen molar-refractivity contribution in [1.29, 1.82) is 0 Å². The maximum atomic E-state index is 12.3. The van der Waals surface area contributed by atoms with Crippen molar-refractivity contribution in [3.63, 3.8) is 0 Å². The first-order valence-electron chi connectivity index (χ1n) is 11.3. The average molecular weight is 415 g/mol. The lowest BCUT2D eigenvalue weighted by atomic mass is 9.91. The van der Waals surface area contributed by atoms with Crippen LogP contribution in [0.1, 0.15) is 51.6 Å². The standard InChI is InChI=1S/C28H34N2O/c1-22(25-18-12-16-23-13-8-9-17-26(23)25)29-20-11-5-10-19-28(2,3)21-30-27(31)24-14-6-4-7-15-24/h4-6,8-9,11-13,16-18,22,24,29H,7,14-15,20-21H2,1-3H3,(H,30,31)/t22-,24?/m1/s1. The van der Waals surface area contributed by atoms with Crippen molar-refractivity contribution < 1.29 is 4.79 Å². The van der Waals surface area contributed by atoms with Gasteiger partial charge in [-0.05, 0) is 62.4 Å². The molecule has 0 saturated carbocycles. The van der Waals surface area contributed by atoms with Gasteiger partial charge in [-0.2, -0.15) is 0 Å². The number of allylic oxidation sites excluding steroid dienone is 3. The average Bonchev–Trinajstić information content (AvgIpc) is 2.79. The minimum Gasteiger partial charge on any atom is -0.354 e. The number of hydrogen-bond acceptors (Lipinski definition) is 2. The number of amides is 1. The molecule has 2 aromatic carbocycles. The van der Waals surface area contributed by atoms with Crippen molar-refractivity contribution in [3.05, 3.63) is 72.3 Å². The maximum absolute atomic E-state index is 12.3. The van der Waals surface area contributed by atoms with Gasteiger partial charge in [0.15, 0.2) is 0 Å². The van der Waals surface area contributed by atoms with Crippen molar-refractivity contribution in [1.82, 2.24) is 10.6 Å². The van der Waals surface area contributed by atoms with Crippen LogP contribution in [0.5, 0.6) is 0 Å². The molecule has 0 bridgehead atoms. The zero-order valence-electron chi connectivity index (χ0n) is 18.9. The Morgan fingerprint density at radius 1 is 1.19 bits per heavy atom. The van der Waals surface area contributed by atoms with Crippen LogP contribution in [0, 0.1) is 23.2 Å². The second-order valence-electron chi connectivity index (χ2n) is 8.95. The van der Waals surface area contributed by atoms with E-state index in [0.717, 1.165) is 25.8 Å². The van der Waals surface area contributed by atoms with Gasteiger partial charge in [0.1, 0.15) is 0 Å². The molecule has 3 heteroatoms. The summed E-state index contributed by atoms with van der Waals surface area (Å²) in [5.41, 5.74) is 1.05. The van der Waals surface area contributed by atoms with E-state index < -0.39 is 0 Å². The topological polar surface area (TPSA) is 41.1 Å². The lowest BCUT2D eigenvalue weighted by Gasteiger charge is -2.22.